The van der Waals surface area contributed by atoms with E-state index < -0.39 is 30.2 Å². The van der Waals surface area contributed by atoms with Gasteiger partial charge in [0.1, 0.15) is 6.42 Å². The van der Waals surface area contributed by atoms with E-state index in [4.69, 9.17) is 10.2 Å². The predicted octanol–water partition coefficient (Wildman–Crippen LogP) is -0.606. The third-order valence-electron chi connectivity index (χ3n) is 2.19. The quantitative estimate of drug-likeness (QED) is 0.594. The molecule has 0 aromatic heterocycles. The normalized spacial score (nSPS) is 20.9. The van der Waals surface area contributed by atoms with E-state index in [0.717, 1.165) is 0 Å². The lowest BCUT2D eigenvalue weighted by molar-refractivity contribution is -0.143. The van der Waals surface area contributed by atoms with Crippen molar-refractivity contribution in [3.63, 3.8) is 0 Å². The number of carbonyl (C=O) groups excluding carboxylic acids is 1. The summed E-state index contributed by atoms with van der Waals surface area (Å²) in [5.74, 6) is -3.18. The Morgan fingerprint density at radius 1 is 1.29 bits per heavy atom. The highest BCUT2D eigenvalue weighted by Crippen LogP contribution is 2.16. The average Bonchev–Trinajstić information content (AvgIpc) is 2.50. The minimum absolute atomic E-state index is 0.126. The van der Waals surface area contributed by atoms with Crippen molar-refractivity contribution in [2.75, 3.05) is 13.1 Å². The Labute approximate surface area is 80.1 Å². The number of hydrogen-bond donors (Lipinski definition) is 2. The summed E-state index contributed by atoms with van der Waals surface area (Å²) in [7, 11) is 0. The lowest BCUT2D eigenvalue weighted by atomic mass is 10.1. The Kier molecular flexibility index (Phi) is 3.06. The first-order valence-corrected chi connectivity index (χ1v) is 4.23. The van der Waals surface area contributed by atoms with Gasteiger partial charge in [0.25, 0.3) is 0 Å². The number of carbonyl (C=O) groups is 3. The maximum atomic E-state index is 11.2. The van der Waals surface area contributed by atoms with Gasteiger partial charge in [0.05, 0.1) is 5.92 Å². The molecule has 0 aliphatic carbocycles. The third kappa shape index (κ3) is 2.45. The lowest BCUT2D eigenvalue weighted by Gasteiger charge is -2.13. The number of amides is 1. The Balaban J connectivity index is 2.45. The van der Waals surface area contributed by atoms with Gasteiger partial charge < -0.3 is 15.1 Å². The lowest BCUT2D eigenvalue weighted by Crippen LogP contribution is -2.31. The Hall–Kier alpha value is -1.59. The Bertz CT molecular complexity index is 275. The minimum Gasteiger partial charge on any atom is -0.481 e. The van der Waals surface area contributed by atoms with E-state index in [1.807, 2.05) is 0 Å². The van der Waals surface area contributed by atoms with Crippen LogP contribution in [0, 0.1) is 5.92 Å². The van der Waals surface area contributed by atoms with Crippen molar-refractivity contribution in [3.8, 4) is 0 Å². The highest BCUT2D eigenvalue weighted by molar-refractivity contribution is 5.93. The maximum Gasteiger partial charge on any atom is 0.312 e. The van der Waals surface area contributed by atoms with E-state index in [1.54, 1.807) is 0 Å². The van der Waals surface area contributed by atoms with Gasteiger partial charge in [-0.25, -0.2) is 0 Å². The zero-order valence-electron chi connectivity index (χ0n) is 7.47. The standard InChI is InChI=1S/C8H11NO5/c10-6(3-7(11)12)9-2-1-5(4-9)8(13)14/h5H,1-4H2,(H,11,12)(H,13,14). The number of likely N-dealkylation sites (tertiary alicyclic amines) is 1. The van der Waals surface area contributed by atoms with E-state index in [-0.39, 0.29) is 6.54 Å². The average molecular weight is 201 g/mol. The summed E-state index contributed by atoms with van der Waals surface area (Å²) >= 11 is 0. The monoisotopic (exact) mass is 201 g/mol. The highest BCUT2D eigenvalue weighted by atomic mass is 16.4. The van der Waals surface area contributed by atoms with Crippen molar-refractivity contribution < 1.29 is 24.6 Å². The van der Waals surface area contributed by atoms with Crippen LogP contribution in [0.3, 0.4) is 0 Å². The van der Waals surface area contributed by atoms with Gasteiger partial charge in [0.15, 0.2) is 0 Å². The van der Waals surface area contributed by atoms with Crippen LogP contribution in [-0.2, 0) is 14.4 Å². The molecule has 1 aliphatic rings. The molecule has 6 heteroatoms. The van der Waals surface area contributed by atoms with Crippen molar-refractivity contribution >= 4 is 17.8 Å². The topological polar surface area (TPSA) is 94.9 Å². The summed E-state index contributed by atoms with van der Waals surface area (Å²) < 4.78 is 0. The second kappa shape index (κ2) is 4.08. The number of nitrogens with zero attached hydrogens (tertiary/aromatic N) is 1. The molecule has 1 atom stereocenters. The van der Waals surface area contributed by atoms with Gasteiger partial charge >= 0.3 is 11.9 Å². The van der Waals surface area contributed by atoms with Crippen molar-refractivity contribution in [3.05, 3.63) is 0 Å². The molecule has 78 valence electrons. The molecule has 0 spiro atoms. The van der Waals surface area contributed by atoms with Crippen molar-refractivity contribution in [1.82, 2.24) is 4.90 Å². The number of rotatable bonds is 3. The van der Waals surface area contributed by atoms with E-state index in [0.29, 0.717) is 13.0 Å². The van der Waals surface area contributed by atoms with E-state index >= 15 is 0 Å². The summed E-state index contributed by atoms with van der Waals surface area (Å²) in [5, 5.41) is 17.0. The number of hydrogen-bond acceptors (Lipinski definition) is 3. The zero-order valence-corrected chi connectivity index (χ0v) is 7.47. The molecule has 1 aliphatic heterocycles. The summed E-state index contributed by atoms with van der Waals surface area (Å²) in [6, 6.07) is 0. The smallest absolute Gasteiger partial charge is 0.312 e. The van der Waals surface area contributed by atoms with Crippen LogP contribution in [-0.4, -0.2) is 46.0 Å². The van der Waals surface area contributed by atoms with E-state index in [2.05, 4.69) is 0 Å². The number of carboxylic acid groups (broad SMARTS) is 2. The Morgan fingerprint density at radius 2 is 1.93 bits per heavy atom. The third-order valence-corrected chi connectivity index (χ3v) is 2.19. The van der Waals surface area contributed by atoms with Gasteiger partial charge in [-0.05, 0) is 6.42 Å². The molecule has 1 fully saturated rings. The summed E-state index contributed by atoms with van der Waals surface area (Å²) in [4.78, 5) is 33.2. The van der Waals surface area contributed by atoms with Gasteiger partial charge in [0.2, 0.25) is 5.91 Å². The van der Waals surface area contributed by atoms with Crippen LogP contribution in [0.5, 0.6) is 0 Å². The first-order valence-electron chi connectivity index (χ1n) is 4.23. The fourth-order valence-corrected chi connectivity index (χ4v) is 1.43. The predicted molar refractivity (Wildman–Crippen MR) is 44.6 cm³/mol. The van der Waals surface area contributed by atoms with Crippen LogP contribution in [0.4, 0.5) is 0 Å². The fourth-order valence-electron chi connectivity index (χ4n) is 1.43. The van der Waals surface area contributed by atoms with Crippen LogP contribution in [0.2, 0.25) is 0 Å². The fraction of sp³-hybridized carbons (Fsp3) is 0.625. The number of aliphatic carboxylic acids is 2. The molecule has 6 nitrogen and oxygen atoms in total. The molecule has 0 radical (unpaired) electrons. The second-order valence-electron chi connectivity index (χ2n) is 3.23. The molecule has 1 saturated heterocycles. The molecular weight excluding hydrogens is 190 g/mol. The molecule has 2 N–H and O–H groups in total. The van der Waals surface area contributed by atoms with Crippen LogP contribution >= 0.6 is 0 Å². The minimum atomic E-state index is -1.19. The summed E-state index contributed by atoms with van der Waals surface area (Å²) in [6.07, 6.45) is -0.160. The molecule has 14 heavy (non-hydrogen) atoms. The van der Waals surface area contributed by atoms with E-state index in [1.165, 1.54) is 4.90 Å². The Morgan fingerprint density at radius 3 is 2.36 bits per heavy atom. The van der Waals surface area contributed by atoms with Crippen LogP contribution in [0.25, 0.3) is 0 Å². The molecule has 0 bridgehead atoms. The molecule has 1 amide bonds. The van der Waals surface area contributed by atoms with Crippen molar-refractivity contribution in [1.29, 1.82) is 0 Å². The molecular formula is C8H11NO5. The number of carboxylic acids is 2. The van der Waals surface area contributed by atoms with E-state index in [9.17, 15) is 14.4 Å². The first kappa shape index (κ1) is 10.5. The highest BCUT2D eigenvalue weighted by Gasteiger charge is 2.31. The van der Waals surface area contributed by atoms with Gasteiger partial charge in [-0.3, -0.25) is 14.4 Å². The van der Waals surface area contributed by atoms with Crippen LogP contribution in [0.15, 0.2) is 0 Å². The van der Waals surface area contributed by atoms with Crippen LogP contribution in [0.1, 0.15) is 12.8 Å². The largest absolute Gasteiger partial charge is 0.481 e. The van der Waals surface area contributed by atoms with Gasteiger partial charge in [-0.15, -0.1) is 0 Å². The van der Waals surface area contributed by atoms with Gasteiger partial charge in [-0.2, -0.15) is 0 Å². The van der Waals surface area contributed by atoms with Crippen molar-refractivity contribution in [2.45, 2.75) is 12.8 Å². The molecule has 0 aromatic rings. The summed E-state index contributed by atoms with van der Waals surface area (Å²) in [6.45, 7) is 0.463. The van der Waals surface area contributed by atoms with Gasteiger partial charge in [0, 0.05) is 13.1 Å². The molecule has 1 heterocycles. The second-order valence-corrected chi connectivity index (χ2v) is 3.23. The van der Waals surface area contributed by atoms with Gasteiger partial charge in [-0.1, -0.05) is 0 Å². The zero-order chi connectivity index (χ0) is 10.7. The summed E-state index contributed by atoms with van der Waals surface area (Å²) in [5.41, 5.74) is 0. The SMILES string of the molecule is O=C(O)CC(=O)N1CCC(C(=O)O)C1. The molecule has 1 rings (SSSR count). The van der Waals surface area contributed by atoms with Crippen LogP contribution < -0.4 is 0 Å². The van der Waals surface area contributed by atoms with Crippen molar-refractivity contribution in [2.24, 2.45) is 5.92 Å². The maximum absolute atomic E-state index is 11.2. The molecule has 1 unspecified atom stereocenters. The molecule has 0 aromatic carbocycles. The first-order chi connectivity index (χ1) is 6.50. The molecule has 0 saturated carbocycles.